The molecule has 1 saturated carbocycles. The van der Waals surface area contributed by atoms with Crippen molar-refractivity contribution in [3.05, 3.63) is 10.0 Å². The Morgan fingerprint density at radius 1 is 1.24 bits per heavy atom. The van der Waals surface area contributed by atoms with Gasteiger partial charge in [0.25, 0.3) is 0 Å². The van der Waals surface area contributed by atoms with Crippen LogP contribution in [0.25, 0.3) is 0 Å². The fraction of sp³-hybridized carbons (Fsp3) is 0.667. The molecule has 0 aromatic carbocycles. The average molecular weight is 314 g/mol. The minimum absolute atomic E-state index is 0.360. The molecule has 9 heteroatoms. The van der Waals surface area contributed by atoms with Crippen LogP contribution in [-0.2, 0) is 0 Å². The molecule has 8 nitrogen and oxygen atoms in total. The number of nitrogens with zero attached hydrogens (tertiary/aromatic N) is 2. The van der Waals surface area contributed by atoms with Gasteiger partial charge in [-0.05, 0) is 32.1 Å². The summed E-state index contributed by atoms with van der Waals surface area (Å²) in [6.45, 7) is 0.360. The molecule has 0 radical (unpaired) electrons. The van der Waals surface area contributed by atoms with Crippen molar-refractivity contribution in [2.75, 3.05) is 6.54 Å². The van der Waals surface area contributed by atoms with Crippen LogP contribution < -0.4 is 10.6 Å². The Bertz CT molecular complexity index is 503. The Morgan fingerprint density at radius 2 is 2.00 bits per heavy atom. The lowest BCUT2D eigenvalue weighted by Crippen LogP contribution is -2.27. The first-order valence-corrected chi connectivity index (χ1v) is 7.67. The SMILES string of the molecule is O=C(O)NCCCCC(NC(=O)O)c1nnc(C2CC2)s1. The maximum atomic E-state index is 10.9. The van der Waals surface area contributed by atoms with E-state index in [0.717, 1.165) is 17.8 Å². The zero-order valence-electron chi connectivity index (χ0n) is 11.4. The third kappa shape index (κ3) is 5.18. The van der Waals surface area contributed by atoms with E-state index in [4.69, 9.17) is 10.2 Å². The number of carbonyl (C=O) groups is 2. The minimum atomic E-state index is -1.09. The van der Waals surface area contributed by atoms with E-state index >= 15 is 0 Å². The van der Waals surface area contributed by atoms with Crippen molar-refractivity contribution < 1.29 is 19.8 Å². The Balaban J connectivity index is 1.84. The quantitative estimate of drug-likeness (QED) is 0.545. The van der Waals surface area contributed by atoms with Crippen LogP contribution in [0.5, 0.6) is 0 Å². The van der Waals surface area contributed by atoms with Gasteiger partial charge in [-0.1, -0.05) is 11.3 Å². The van der Waals surface area contributed by atoms with Gasteiger partial charge in [-0.2, -0.15) is 0 Å². The molecule has 1 aromatic rings. The second-order valence-electron chi connectivity index (χ2n) is 4.98. The lowest BCUT2D eigenvalue weighted by atomic mass is 10.1. The first-order valence-electron chi connectivity index (χ1n) is 6.86. The van der Waals surface area contributed by atoms with Crippen molar-refractivity contribution in [3.63, 3.8) is 0 Å². The summed E-state index contributed by atoms with van der Waals surface area (Å²) in [6.07, 6.45) is 2.05. The van der Waals surface area contributed by atoms with Gasteiger partial charge in [-0.25, -0.2) is 9.59 Å². The summed E-state index contributed by atoms with van der Waals surface area (Å²) in [5, 5.41) is 32.0. The molecule has 0 spiro atoms. The maximum Gasteiger partial charge on any atom is 0.405 e. The molecule has 4 N–H and O–H groups in total. The zero-order valence-corrected chi connectivity index (χ0v) is 12.2. The van der Waals surface area contributed by atoms with E-state index in [1.165, 1.54) is 11.3 Å². The summed E-state index contributed by atoms with van der Waals surface area (Å²) in [5.74, 6) is 0.501. The molecule has 0 aliphatic heterocycles. The van der Waals surface area contributed by atoms with Crippen molar-refractivity contribution in [2.45, 2.75) is 44.1 Å². The third-order valence-electron chi connectivity index (χ3n) is 3.17. The molecule has 1 aromatic heterocycles. The molecule has 1 unspecified atom stereocenters. The highest BCUT2D eigenvalue weighted by molar-refractivity contribution is 7.11. The van der Waals surface area contributed by atoms with Crippen molar-refractivity contribution in [1.29, 1.82) is 0 Å². The number of aromatic nitrogens is 2. The summed E-state index contributed by atoms with van der Waals surface area (Å²) in [7, 11) is 0. The van der Waals surface area contributed by atoms with Crippen molar-refractivity contribution in [1.82, 2.24) is 20.8 Å². The topological polar surface area (TPSA) is 124 Å². The van der Waals surface area contributed by atoms with Crippen LogP contribution in [0.2, 0.25) is 0 Å². The predicted octanol–water partition coefficient (Wildman–Crippen LogP) is 2.16. The van der Waals surface area contributed by atoms with Crippen molar-refractivity contribution in [3.8, 4) is 0 Å². The largest absolute Gasteiger partial charge is 0.465 e. The fourth-order valence-corrected chi connectivity index (χ4v) is 3.06. The number of hydrogen-bond acceptors (Lipinski definition) is 5. The van der Waals surface area contributed by atoms with Gasteiger partial charge in [-0.15, -0.1) is 10.2 Å². The molecule has 1 fully saturated rings. The van der Waals surface area contributed by atoms with Gasteiger partial charge in [0.1, 0.15) is 10.0 Å². The Labute approximate surface area is 125 Å². The van der Waals surface area contributed by atoms with E-state index in [1.54, 1.807) is 0 Å². The molecule has 0 bridgehead atoms. The second-order valence-corrected chi connectivity index (χ2v) is 6.02. The molecule has 116 valence electrons. The van der Waals surface area contributed by atoms with Gasteiger partial charge in [0.15, 0.2) is 0 Å². The first kappa shape index (κ1) is 15.5. The van der Waals surface area contributed by atoms with Crippen LogP contribution in [0.15, 0.2) is 0 Å². The molecule has 1 heterocycles. The number of nitrogens with one attached hydrogen (secondary N) is 2. The van der Waals surface area contributed by atoms with Crippen LogP contribution in [0.3, 0.4) is 0 Å². The molecule has 1 aliphatic rings. The number of carboxylic acid groups (broad SMARTS) is 2. The second kappa shape index (κ2) is 7.21. The molecular formula is C12H18N4O4S. The predicted molar refractivity (Wildman–Crippen MR) is 75.7 cm³/mol. The first-order chi connectivity index (χ1) is 10.1. The van der Waals surface area contributed by atoms with Crippen molar-refractivity contribution in [2.24, 2.45) is 0 Å². The van der Waals surface area contributed by atoms with Crippen LogP contribution in [0.1, 0.15) is 54.1 Å². The Kier molecular flexibility index (Phi) is 5.32. The molecule has 1 atom stereocenters. The molecule has 21 heavy (non-hydrogen) atoms. The van der Waals surface area contributed by atoms with Gasteiger partial charge in [0.05, 0.1) is 6.04 Å². The number of unbranched alkanes of at least 4 members (excludes halogenated alkanes) is 1. The maximum absolute atomic E-state index is 10.9. The van der Waals surface area contributed by atoms with Crippen LogP contribution in [0, 0.1) is 0 Å². The van der Waals surface area contributed by atoms with Gasteiger partial charge in [0, 0.05) is 12.5 Å². The molecular weight excluding hydrogens is 296 g/mol. The Morgan fingerprint density at radius 3 is 2.62 bits per heavy atom. The van der Waals surface area contributed by atoms with E-state index in [9.17, 15) is 9.59 Å². The van der Waals surface area contributed by atoms with Gasteiger partial charge >= 0.3 is 12.2 Å². The highest BCUT2D eigenvalue weighted by atomic mass is 32.1. The van der Waals surface area contributed by atoms with E-state index in [1.807, 2.05) is 0 Å². The summed E-state index contributed by atoms with van der Waals surface area (Å²) >= 11 is 1.46. The number of amides is 2. The van der Waals surface area contributed by atoms with Gasteiger partial charge in [-0.3, -0.25) is 0 Å². The lowest BCUT2D eigenvalue weighted by Gasteiger charge is -2.13. The van der Waals surface area contributed by atoms with Crippen LogP contribution in [0.4, 0.5) is 9.59 Å². The smallest absolute Gasteiger partial charge is 0.405 e. The highest BCUT2D eigenvalue weighted by Gasteiger charge is 2.29. The summed E-state index contributed by atoms with van der Waals surface area (Å²) in [6, 6.07) is -0.377. The standard InChI is InChI=1S/C12H18N4O4S/c17-11(18)13-6-2-1-3-8(14-12(19)20)10-16-15-9(21-10)7-4-5-7/h7-8,13-14H,1-6H2,(H,17,18)(H,19,20). The average Bonchev–Trinajstić information content (AvgIpc) is 3.14. The van der Waals surface area contributed by atoms with E-state index in [2.05, 4.69) is 20.8 Å². The van der Waals surface area contributed by atoms with Gasteiger partial charge in [0.2, 0.25) is 0 Å². The van der Waals surface area contributed by atoms with E-state index in [-0.39, 0.29) is 6.04 Å². The molecule has 2 rings (SSSR count). The van der Waals surface area contributed by atoms with Crippen LogP contribution >= 0.6 is 11.3 Å². The summed E-state index contributed by atoms with van der Waals surface area (Å²) < 4.78 is 0. The van der Waals surface area contributed by atoms with E-state index < -0.39 is 12.2 Å². The number of hydrogen-bond donors (Lipinski definition) is 4. The normalized spacial score (nSPS) is 15.4. The van der Waals surface area contributed by atoms with E-state index in [0.29, 0.717) is 36.7 Å². The molecule has 2 amide bonds. The zero-order chi connectivity index (χ0) is 15.2. The van der Waals surface area contributed by atoms with Crippen molar-refractivity contribution >= 4 is 23.5 Å². The fourth-order valence-electron chi connectivity index (χ4n) is 1.96. The Hall–Kier alpha value is -1.90. The minimum Gasteiger partial charge on any atom is -0.465 e. The molecule has 0 saturated heterocycles. The summed E-state index contributed by atoms with van der Waals surface area (Å²) in [5.41, 5.74) is 0. The van der Waals surface area contributed by atoms with Gasteiger partial charge < -0.3 is 20.8 Å². The monoisotopic (exact) mass is 314 g/mol. The third-order valence-corrected chi connectivity index (χ3v) is 4.37. The number of rotatable bonds is 8. The van der Waals surface area contributed by atoms with Crippen LogP contribution in [-0.4, -0.2) is 39.1 Å². The molecule has 1 aliphatic carbocycles. The highest BCUT2D eigenvalue weighted by Crippen LogP contribution is 2.42. The lowest BCUT2D eigenvalue weighted by molar-refractivity contribution is 0.189. The summed E-state index contributed by atoms with van der Waals surface area (Å²) in [4.78, 5) is 21.2.